The highest BCUT2D eigenvalue weighted by atomic mass is 35.5. The summed E-state index contributed by atoms with van der Waals surface area (Å²) in [5.74, 6) is 1.20. The van der Waals surface area contributed by atoms with Crippen LogP contribution in [-0.2, 0) is 15.3 Å². The van der Waals surface area contributed by atoms with Crippen LogP contribution in [0.15, 0.2) is 6.07 Å². The molecule has 1 atom stereocenters. The second kappa shape index (κ2) is 5.63. The van der Waals surface area contributed by atoms with Crippen molar-refractivity contribution in [2.24, 2.45) is 0 Å². The van der Waals surface area contributed by atoms with Gasteiger partial charge >= 0.3 is 0 Å². The van der Waals surface area contributed by atoms with Gasteiger partial charge in [-0.15, -0.1) is 0 Å². The summed E-state index contributed by atoms with van der Waals surface area (Å²) < 4.78 is 22.5. The topological polar surface area (TPSA) is 72.0 Å². The number of halogens is 1. The minimum atomic E-state index is -3.03. The summed E-state index contributed by atoms with van der Waals surface area (Å²) in [5.41, 5.74) is -0.221. The Balaban J connectivity index is 2.93. The molecule has 19 heavy (non-hydrogen) atoms. The van der Waals surface area contributed by atoms with Gasteiger partial charge in [0.15, 0.2) is 0 Å². The predicted molar refractivity (Wildman–Crippen MR) is 78.5 cm³/mol. The van der Waals surface area contributed by atoms with Crippen LogP contribution in [0.2, 0.25) is 5.15 Å². The Bertz CT molecular complexity index is 553. The van der Waals surface area contributed by atoms with E-state index in [1.807, 2.05) is 20.8 Å². The van der Waals surface area contributed by atoms with Gasteiger partial charge in [-0.05, 0) is 6.92 Å². The van der Waals surface area contributed by atoms with Crippen molar-refractivity contribution in [2.45, 2.75) is 39.2 Å². The molecule has 0 fully saturated rings. The number of hydrogen-bond acceptors (Lipinski definition) is 5. The number of rotatable bonds is 4. The van der Waals surface area contributed by atoms with E-state index in [9.17, 15) is 8.42 Å². The summed E-state index contributed by atoms with van der Waals surface area (Å²) in [7, 11) is -3.03. The van der Waals surface area contributed by atoms with Gasteiger partial charge in [0, 0.05) is 23.8 Å². The van der Waals surface area contributed by atoms with Gasteiger partial charge in [-0.2, -0.15) is 0 Å². The lowest BCUT2D eigenvalue weighted by Gasteiger charge is -2.19. The fraction of sp³-hybridized carbons (Fsp3) is 0.667. The Morgan fingerprint density at radius 3 is 2.42 bits per heavy atom. The molecule has 0 aromatic carbocycles. The summed E-state index contributed by atoms with van der Waals surface area (Å²) >= 11 is 5.96. The fourth-order valence-corrected chi connectivity index (χ4v) is 2.75. The van der Waals surface area contributed by atoms with Crippen molar-refractivity contribution in [1.82, 2.24) is 9.97 Å². The fourth-order valence-electron chi connectivity index (χ4n) is 1.58. The molecule has 1 unspecified atom stereocenters. The van der Waals surface area contributed by atoms with E-state index < -0.39 is 9.84 Å². The van der Waals surface area contributed by atoms with Gasteiger partial charge in [0.25, 0.3) is 0 Å². The maximum absolute atomic E-state index is 11.2. The average Bonchev–Trinajstić information content (AvgIpc) is 2.11. The van der Waals surface area contributed by atoms with Gasteiger partial charge in [0.05, 0.1) is 5.75 Å². The minimum Gasteiger partial charge on any atom is -0.366 e. The monoisotopic (exact) mass is 305 g/mol. The van der Waals surface area contributed by atoms with Gasteiger partial charge in [-0.25, -0.2) is 18.4 Å². The van der Waals surface area contributed by atoms with E-state index in [1.54, 1.807) is 13.0 Å². The summed E-state index contributed by atoms with van der Waals surface area (Å²) in [6.07, 6.45) is 1.21. The second-order valence-corrected chi connectivity index (χ2v) is 8.36. The van der Waals surface area contributed by atoms with Crippen molar-refractivity contribution in [1.29, 1.82) is 0 Å². The van der Waals surface area contributed by atoms with Crippen molar-refractivity contribution in [3.63, 3.8) is 0 Å². The van der Waals surface area contributed by atoms with Gasteiger partial charge < -0.3 is 5.32 Å². The summed E-state index contributed by atoms with van der Waals surface area (Å²) in [4.78, 5) is 8.56. The van der Waals surface area contributed by atoms with Crippen molar-refractivity contribution < 1.29 is 8.42 Å². The SMILES string of the molecule is CC(CS(C)(=O)=O)Nc1cc(Cl)nc(C(C)(C)C)n1. The molecule has 0 saturated heterocycles. The number of hydrogen-bond donors (Lipinski definition) is 1. The van der Waals surface area contributed by atoms with Crippen molar-refractivity contribution in [3.05, 3.63) is 17.0 Å². The van der Waals surface area contributed by atoms with Crippen molar-refractivity contribution >= 4 is 27.3 Å². The van der Waals surface area contributed by atoms with E-state index in [0.29, 0.717) is 16.8 Å². The molecular weight excluding hydrogens is 286 g/mol. The Morgan fingerprint density at radius 2 is 1.95 bits per heavy atom. The van der Waals surface area contributed by atoms with Crippen molar-refractivity contribution in [2.75, 3.05) is 17.3 Å². The molecule has 5 nitrogen and oxygen atoms in total. The second-order valence-electron chi connectivity index (χ2n) is 5.79. The van der Waals surface area contributed by atoms with E-state index in [-0.39, 0.29) is 17.2 Å². The zero-order valence-electron chi connectivity index (χ0n) is 11.9. The zero-order chi connectivity index (χ0) is 14.8. The van der Waals surface area contributed by atoms with Crippen LogP contribution in [0, 0.1) is 0 Å². The van der Waals surface area contributed by atoms with Gasteiger partial charge in [-0.1, -0.05) is 32.4 Å². The maximum Gasteiger partial charge on any atom is 0.149 e. The third-order valence-corrected chi connectivity index (χ3v) is 3.61. The Morgan fingerprint density at radius 1 is 1.37 bits per heavy atom. The zero-order valence-corrected chi connectivity index (χ0v) is 13.4. The summed E-state index contributed by atoms with van der Waals surface area (Å²) in [6, 6.07) is 1.35. The first-order valence-corrected chi connectivity index (χ1v) is 8.40. The first-order valence-electron chi connectivity index (χ1n) is 5.97. The number of anilines is 1. The molecule has 1 aromatic rings. The highest BCUT2D eigenvalue weighted by molar-refractivity contribution is 7.90. The van der Waals surface area contributed by atoms with Crippen LogP contribution < -0.4 is 5.32 Å². The lowest BCUT2D eigenvalue weighted by atomic mass is 9.96. The average molecular weight is 306 g/mol. The van der Waals surface area contributed by atoms with Crippen LogP contribution in [0.1, 0.15) is 33.5 Å². The molecule has 108 valence electrons. The molecule has 1 aromatic heterocycles. The Hall–Kier alpha value is -0.880. The number of nitrogens with one attached hydrogen (secondary N) is 1. The summed E-state index contributed by atoms with van der Waals surface area (Å²) in [6.45, 7) is 7.75. The van der Waals surface area contributed by atoms with E-state index in [2.05, 4.69) is 15.3 Å². The predicted octanol–water partition coefficient (Wildman–Crippen LogP) is 2.27. The van der Waals surface area contributed by atoms with Crippen LogP contribution in [0.5, 0.6) is 0 Å². The van der Waals surface area contributed by atoms with E-state index >= 15 is 0 Å². The molecule has 7 heteroatoms. The normalized spacial score (nSPS) is 14.2. The van der Waals surface area contributed by atoms with Crippen LogP contribution in [0.4, 0.5) is 5.82 Å². The summed E-state index contributed by atoms with van der Waals surface area (Å²) in [5, 5.41) is 3.38. The molecule has 0 bridgehead atoms. The molecule has 1 N–H and O–H groups in total. The van der Waals surface area contributed by atoms with E-state index in [1.165, 1.54) is 6.26 Å². The van der Waals surface area contributed by atoms with E-state index in [0.717, 1.165) is 0 Å². The highest BCUT2D eigenvalue weighted by Gasteiger charge is 2.19. The number of aromatic nitrogens is 2. The molecule has 0 aliphatic rings. The Labute approximate surface area is 119 Å². The van der Waals surface area contributed by atoms with Crippen LogP contribution in [-0.4, -0.2) is 36.4 Å². The first kappa shape index (κ1) is 16.2. The number of nitrogens with zero attached hydrogens (tertiary/aromatic N) is 2. The van der Waals surface area contributed by atoms with Crippen LogP contribution in [0.3, 0.4) is 0 Å². The molecule has 1 rings (SSSR count). The standard InChI is InChI=1S/C12H20ClN3O2S/c1-8(7-19(5,17)18)14-10-6-9(13)15-11(16-10)12(2,3)4/h6,8H,7H2,1-5H3,(H,14,15,16). The molecule has 0 radical (unpaired) electrons. The van der Waals surface area contributed by atoms with Crippen LogP contribution in [0.25, 0.3) is 0 Å². The molecule has 0 spiro atoms. The van der Waals surface area contributed by atoms with Gasteiger partial charge in [-0.3, -0.25) is 0 Å². The van der Waals surface area contributed by atoms with Gasteiger partial charge in [0.1, 0.15) is 26.6 Å². The van der Waals surface area contributed by atoms with Crippen LogP contribution >= 0.6 is 11.6 Å². The van der Waals surface area contributed by atoms with E-state index in [4.69, 9.17) is 11.6 Å². The third-order valence-electron chi connectivity index (χ3n) is 2.31. The molecule has 1 heterocycles. The molecule has 0 aliphatic heterocycles. The largest absolute Gasteiger partial charge is 0.366 e. The first-order chi connectivity index (χ1) is 8.47. The number of sulfone groups is 1. The lowest BCUT2D eigenvalue weighted by molar-refractivity contribution is 0.545. The van der Waals surface area contributed by atoms with Gasteiger partial charge in [0.2, 0.25) is 0 Å². The quantitative estimate of drug-likeness (QED) is 0.864. The molecule has 0 aliphatic carbocycles. The minimum absolute atomic E-state index is 0.0411. The lowest BCUT2D eigenvalue weighted by Crippen LogP contribution is -2.26. The molecule has 0 amide bonds. The molecule has 0 saturated carbocycles. The highest BCUT2D eigenvalue weighted by Crippen LogP contribution is 2.22. The molecular formula is C12H20ClN3O2S. The van der Waals surface area contributed by atoms with Crippen molar-refractivity contribution in [3.8, 4) is 0 Å². The third kappa shape index (κ3) is 5.74. The Kier molecular flexibility index (Phi) is 4.79. The smallest absolute Gasteiger partial charge is 0.149 e. The maximum atomic E-state index is 11.2.